The molecule has 0 spiro atoms. The van der Waals surface area contributed by atoms with Gasteiger partial charge in [-0.25, -0.2) is 18.7 Å². The highest BCUT2D eigenvalue weighted by Gasteiger charge is 2.46. The summed E-state index contributed by atoms with van der Waals surface area (Å²) in [5.74, 6) is 0.0740. The van der Waals surface area contributed by atoms with Crippen molar-refractivity contribution < 1.29 is 56.3 Å². The third-order valence-corrected chi connectivity index (χ3v) is 8.36. The van der Waals surface area contributed by atoms with Crippen LogP contribution in [-0.2, 0) is 31.6 Å². The van der Waals surface area contributed by atoms with Crippen molar-refractivity contribution in [2.45, 2.75) is 37.9 Å². The van der Waals surface area contributed by atoms with E-state index in [0.29, 0.717) is 5.84 Å². The van der Waals surface area contributed by atoms with E-state index in [0.717, 1.165) is 5.57 Å². The molecule has 3 aliphatic rings. The van der Waals surface area contributed by atoms with Crippen LogP contribution in [0, 0.1) is 5.92 Å². The summed E-state index contributed by atoms with van der Waals surface area (Å²) < 4.78 is 51.3. The van der Waals surface area contributed by atoms with Crippen molar-refractivity contribution in [3.8, 4) is 0 Å². The largest absolute Gasteiger partial charge is 0.490 e. The molecule has 0 aliphatic carbocycles. The average Bonchev–Trinajstić information content (AvgIpc) is 3.09. The van der Waals surface area contributed by atoms with Gasteiger partial charge in [0.15, 0.2) is 0 Å². The third-order valence-electron chi connectivity index (χ3n) is 4.56. The predicted octanol–water partition coefficient (Wildman–Crippen LogP) is -1.35. The van der Waals surface area contributed by atoms with Crippen LogP contribution in [0.1, 0.15) is 13.3 Å². The number of nitrogens with zero attached hydrogens (tertiary/aromatic N) is 3. The van der Waals surface area contributed by atoms with Crippen LogP contribution in [0.5, 0.6) is 0 Å². The molecule has 0 aromatic rings. The number of guanidine groups is 1. The molecule has 1 fully saturated rings. The van der Waals surface area contributed by atoms with Crippen LogP contribution >= 0.6 is 23.5 Å². The Bertz CT molecular complexity index is 996. The fraction of sp³-hybridized carbons (Fsp3) is 0.667. The molecule has 3 aliphatic heterocycles. The fourth-order valence-electron chi connectivity index (χ4n) is 3.39. The molecule has 182 valence electrons. The lowest BCUT2D eigenvalue weighted by atomic mass is 9.99. The summed E-state index contributed by atoms with van der Waals surface area (Å²) in [6, 6.07) is 0. The van der Waals surface area contributed by atoms with Crippen molar-refractivity contribution in [1.29, 1.82) is 0 Å². The highest BCUT2D eigenvalue weighted by atomic mass is 31.3. The van der Waals surface area contributed by atoms with Gasteiger partial charge < -0.3 is 45.8 Å². The Labute approximate surface area is 180 Å². The van der Waals surface area contributed by atoms with Crippen LogP contribution in [0.15, 0.2) is 21.8 Å². The molecule has 1 saturated heterocycles. The highest BCUT2D eigenvalue weighted by Crippen LogP contribution is 2.66. The normalized spacial score (nSPS) is 34.3. The monoisotopic (exact) mass is 521 g/mol. The number of hydrogen-bond acceptors (Lipinski definition) is 13. The molecule has 0 bridgehead atoms. The van der Waals surface area contributed by atoms with E-state index in [1.807, 2.05) is 0 Å². The third kappa shape index (κ3) is 6.10. The molecule has 20 heteroatoms. The van der Waals surface area contributed by atoms with Gasteiger partial charge in [-0.05, 0) is 12.5 Å². The Kier molecular flexibility index (Phi) is 7.17. The lowest BCUT2D eigenvalue weighted by Crippen LogP contribution is -2.45. The summed E-state index contributed by atoms with van der Waals surface area (Å²) in [5.41, 5.74) is 12.5. The standard InChI is InChI=1S/C12H22N5O12P3/c1-5-3-17(11-9(5)10(13)15-12(14)16-11)8-2-6(18)7(27-8)4-26-31(22,23)29-32(24,25)28-30(19,20)21/h3,6-10,18H,2,4,13H2,1H3,(H2,14,15)(H,22,23)(H,24,25)(H2,19,20,21)/t6-,7+,8+,9?,10?/m0/s1. The van der Waals surface area contributed by atoms with Gasteiger partial charge in [0.25, 0.3) is 0 Å². The molecule has 9 N–H and O–H groups in total. The lowest BCUT2D eigenvalue weighted by molar-refractivity contribution is -0.0474. The van der Waals surface area contributed by atoms with Crippen molar-refractivity contribution in [2.75, 3.05) is 6.61 Å². The lowest BCUT2D eigenvalue weighted by Gasteiger charge is -2.29. The van der Waals surface area contributed by atoms with Crippen LogP contribution in [0.25, 0.3) is 0 Å². The van der Waals surface area contributed by atoms with E-state index in [2.05, 4.69) is 23.1 Å². The molecule has 3 heterocycles. The first-order valence-electron chi connectivity index (χ1n) is 8.83. The molecule has 32 heavy (non-hydrogen) atoms. The second-order valence-electron chi connectivity index (χ2n) is 7.02. The minimum atomic E-state index is -5.65. The number of phosphoric ester groups is 1. The van der Waals surface area contributed by atoms with Crippen molar-refractivity contribution >= 4 is 35.3 Å². The molecule has 0 saturated carbocycles. The predicted molar refractivity (Wildman–Crippen MR) is 105 cm³/mol. The van der Waals surface area contributed by atoms with E-state index in [-0.39, 0.29) is 18.3 Å². The number of aliphatic imine (C=N–C) groups is 2. The number of nitrogens with two attached hydrogens (primary N) is 2. The van der Waals surface area contributed by atoms with E-state index in [4.69, 9.17) is 30.9 Å². The number of fused-ring (bicyclic) bond motifs is 1. The first kappa shape index (κ1) is 25.6. The topological polar surface area (TPSA) is 269 Å². The zero-order chi connectivity index (χ0) is 24.1. The van der Waals surface area contributed by atoms with Gasteiger partial charge in [0.1, 0.15) is 24.3 Å². The van der Waals surface area contributed by atoms with E-state index in [9.17, 15) is 23.7 Å². The van der Waals surface area contributed by atoms with E-state index < -0.39 is 54.7 Å². The second-order valence-corrected chi connectivity index (χ2v) is 11.4. The molecule has 4 unspecified atom stereocenters. The van der Waals surface area contributed by atoms with Crippen molar-refractivity contribution in [1.82, 2.24) is 4.90 Å². The molecule has 0 aromatic heterocycles. The molecule has 3 rings (SSSR count). The van der Waals surface area contributed by atoms with Gasteiger partial charge in [-0.2, -0.15) is 13.6 Å². The van der Waals surface area contributed by atoms with Crippen molar-refractivity contribution in [2.24, 2.45) is 27.4 Å². The summed E-state index contributed by atoms with van der Waals surface area (Å²) in [7, 11) is -16.5. The smallest absolute Gasteiger partial charge is 0.390 e. The average molecular weight is 521 g/mol. The number of ether oxygens (including phenoxy) is 1. The Balaban J connectivity index is 1.62. The van der Waals surface area contributed by atoms with E-state index in [1.54, 1.807) is 18.0 Å². The van der Waals surface area contributed by atoms with Crippen LogP contribution in [0.2, 0.25) is 0 Å². The van der Waals surface area contributed by atoms with Crippen LogP contribution in [-0.4, -0.2) is 72.6 Å². The van der Waals surface area contributed by atoms with Gasteiger partial charge in [0.05, 0.1) is 18.6 Å². The molecular weight excluding hydrogens is 499 g/mol. The Morgan fingerprint density at radius 1 is 1.22 bits per heavy atom. The zero-order valence-corrected chi connectivity index (χ0v) is 19.0. The number of hydrogen-bond donors (Lipinski definition) is 7. The number of aliphatic hydroxyl groups excluding tert-OH is 1. The number of amidine groups is 1. The first-order chi connectivity index (χ1) is 14.6. The summed E-state index contributed by atoms with van der Waals surface area (Å²) in [6.07, 6.45) is -2.09. The van der Waals surface area contributed by atoms with Gasteiger partial charge >= 0.3 is 23.5 Å². The van der Waals surface area contributed by atoms with Gasteiger partial charge in [-0.1, -0.05) is 0 Å². The molecule has 0 aromatic carbocycles. The maximum absolute atomic E-state index is 11.8. The SMILES string of the molecule is CC1=CN([C@H]2C[C@H](O)[C@@H](COP(=O)(O)OP(=O)(O)OP(=O)(O)O)O2)C2=NC(N)=NC(N)C12. The number of phosphoric acid groups is 3. The van der Waals surface area contributed by atoms with Crippen molar-refractivity contribution in [3.05, 3.63) is 11.8 Å². The first-order valence-corrected chi connectivity index (χ1v) is 13.3. The van der Waals surface area contributed by atoms with Gasteiger partial charge in [0.2, 0.25) is 5.96 Å². The molecule has 7 atom stereocenters. The van der Waals surface area contributed by atoms with Gasteiger partial charge in [-0.3, -0.25) is 4.52 Å². The summed E-state index contributed by atoms with van der Waals surface area (Å²) in [6.45, 7) is 1.02. The quantitative estimate of drug-likeness (QED) is 0.182. The minimum Gasteiger partial charge on any atom is -0.390 e. The Morgan fingerprint density at radius 3 is 2.50 bits per heavy atom. The fourth-order valence-corrected chi connectivity index (χ4v) is 6.42. The molecule has 0 amide bonds. The molecular formula is C12H22N5O12P3. The second kappa shape index (κ2) is 8.96. The van der Waals surface area contributed by atoms with Gasteiger partial charge in [-0.15, -0.1) is 0 Å². The van der Waals surface area contributed by atoms with Crippen LogP contribution in [0.3, 0.4) is 0 Å². The highest BCUT2D eigenvalue weighted by molar-refractivity contribution is 7.66. The van der Waals surface area contributed by atoms with E-state index >= 15 is 0 Å². The van der Waals surface area contributed by atoms with Gasteiger partial charge in [0, 0.05) is 12.6 Å². The molecule has 17 nitrogen and oxygen atoms in total. The number of aliphatic hydroxyl groups is 1. The van der Waals surface area contributed by atoms with Crippen LogP contribution in [0.4, 0.5) is 0 Å². The summed E-state index contributed by atoms with van der Waals surface area (Å²) in [4.78, 5) is 45.5. The molecule has 0 radical (unpaired) electrons. The van der Waals surface area contributed by atoms with E-state index in [1.165, 1.54) is 0 Å². The Morgan fingerprint density at radius 2 is 1.88 bits per heavy atom. The Hall–Kier alpha value is -1.03. The summed E-state index contributed by atoms with van der Waals surface area (Å²) in [5, 5.41) is 10.3. The maximum atomic E-state index is 11.8. The van der Waals surface area contributed by atoms with Crippen LogP contribution < -0.4 is 11.5 Å². The summed E-state index contributed by atoms with van der Waals surface area (Å²) >= 11 is 0. The maximum Gasteiger partial charge on any atom is 0.490 e. The zero-order valence-electron chi connectivity index (χ0n) is 16.3. The minimum absolute atomic E-state index is 0.0201. The number of rotatable bonds is 8. The van der Waals surface area contributed by atoms with Crippen molar-refractivity contribution in [3.63, 3.8) is 0 Å².